The molecule has 8 heteroatoms. The van der Waals surface area contributed by atoms with Crippen molar-refractivity contribution in [2.24, 2.45) is 0 Å². The second-order valence-corrected chi connectivity index (χ2v) is 8.31. The van der Waals surface area contributed by atoms with Crippen molar-refractivity contribution in [1.29, 1.82) is 0 Å². The maximum absolute atomic E-state index is 14.2. The SMILES string of the molecule is C[C@H]1[C@H](F)C[C@@H](C(=O)CCc2cc(Br)c(F)cn2)N1C(=O)OC(C)(C)C. The molecule has 1 saturated heterocycles. The average Bonchev–Trinajstić information content (AvgIpc) is 2.82. The Balaban J connectivity index is 2.07. The molecule has 0 N–H and O–H groups in total. The molecule has 1 aliphatic rings. The molecule has 1 aliphatic heterocycles. The van der Waals surface area contributed by atoms with Crippen LogP contribution < -0.4 is 0 Å². The molecule has 0 saturated carbocycles. The number of aromatic nitrogens is 1. The lowest BCUT2D eigenvalue weighted by molar-refractivity contribution is -0.123. The van der Waals surface area contributed by atoms with Gasteiger partial charge in [-0.15, -0.1) is 0 Å². The number of carbonyl (C=O) groups excluding carboxylic acids is 2. The molecule has 0 bridgehead atoms. The van der Waals surface area contributed by atoms with Crippen LogP contribution in [0.25, 0.3) is 0 Å². The van der Waals surface area contributed by atoms with E-state index < -0.39 is 35.8 Å². The smallest absolute Gasteiger partial charge is 0.411 e. The summed E-state index contributed by atoms with van der Waals surface area (Å²) in [5.74, 6) is -0.744. The van der Waals surface area contributed by atoms with Gasteiger partial charge in [-0.2, -0.15) is 0 Å². The Bertz CT molecular complexity index is 694. The first-order valence-corrected chi connectivity index (χ1v) is 9.27. The molecule has 0 unspecified atom stereocenters. The van der Waals surface area contributed by atoms with E-state index in [0.717, 1.165) is 6.20 Å². The zero-order chi connectivity index (χ0) is 19.6. The predicted octanol–water partition coefficient (Wildman–Crippen LogP) is 4.22. The minimum atomic E-state index is -1.28. The predicted molar refractivity (Wildman–Crippen MR) is 96.1 cm³/mol. The molecule has 5 nitrogen and oxygen atoms in total. The molecule has 1 amide bonds. The van der Waals surface area contributed by atoms with E-state index in [4.69, 9.17) is 4.74 Å². The van der Waals surface area contributed by atoms with Gasteiger partial charge in [0.05, 0.1) is 22.8 Å². The molecule has 2 heterocycles. The highest BCUT2D eigenvalue weighted by atomic mass is 79.9. The third kappa shape index (κ3) is 4.99. The highest BCUT2D eigenvalue weighted by molar-refractivity contribution is 9.10. The fraction of sp³-hybridized carbons (Fsp3) is 0.611. The van der Waals surface area contributed by atoms with Crippen LogP contribution in [-0.4, -0.2) is 45.6 Å². The van der Waals surface area contributed by atoms with Crippen LogP contribution in [-0.2, 0) is 16.0 Å². The van der Waals surface area contributed by atoms with Crippen LogP contribution in [0, 0.1) is 5.82 Å². The molecular formula is C18H23BrF2N2O3. The minimum Gasteiger partial charge on any atom is -0.444 e. The van der Waals surface area contributed by atoms with E-state index in [1.807, 2.05) is 0 Å². The van der Waals surface area contributed by atoms with Gasteiger partial charge in [0.25, 0.3) is 0 Å². The highest BCUT2D eigenvalue weighted by Gasteiger charge is 2.46. The van der Waals surface area contributed by atoms with Gasteiger partial charge in [-0.05, 0) is 56.1 Å². The third-order valence-corrected chi connectivity index (χ3v) is 4.82. The second kappa shape index (κ2) is 7.98. The Kier molecular flexibility index (Phi) is 6.37. The number of likely N-dealkylation sites (tertiary alicyclic amines) is 1. The first-order valence-electron chi connectivity index (χ1n) is 8.47. The monoisotopic (exact) mass is 432 g/mol. The van der Waals surface area contributed by atoms with Gasteiger partial charge in [-0.25, -0.2) is 13.6 Å². The quantitative estimate of drug-likeness (QED) is 0.714. The van der Waals surface area contributed by atoms with Crippen molar-refractivity contribution in [3.63, 3.8) is 0 Å². The standard InChI is InChI=1S/C18H23BrF2N2O3/c1-10-13(20)8-15(23(10)17(25)26-18(2,3)4)16(24)6-5-11-7-12(19)14(21)9-22-11/h7,9-10,13,15H,5-6,8H2,1-4H3/t10-,13+,15-/m0/s1. The van der Waals surface area contributed by atoms with Gasteiger partial charge < -0.3 is 4.74 Å². The van der Waals surface area contributed by atoms with E-state index in [1.54, 1.807) is 27.7 Å². The summed E-state index contributed by atoms with van der Waals surface area (Å²) in [6.07, 6.45) is -0.581. The van der Waals surface area contributed by atoms with E-state index >= 15 is 0 Å². The Hall–Kier alpha value is -1.57. The van der Waals surface area contributed by atoms with E-state index in [-0.39, 0.29) is 29.5 Å². The lowest BCUT2D eigenvalue weighted by Gasteiger charge is -2.30. The summed E-state index contributed by atoms with van der Waals surface area (Å²) >= 11 is 3.07. The summed E-state index contributed by atoms with van der Waals surface area (Å²) in [5, 5.41) is 0. The Labute approximate surface area is 160 Å². The summed E-state index contributed by atoms with van der Waals surface area (Å²) in [6, 6.07) is -0.0839. The van der Waals surface area contributed by atoms with Crippen molar-refractivity contribution >= 4 is 27.8 Å². The molecular weight excluding hydrogens is 410 g/mol. The number of nitrogens with zero attached hydrogens (tertiary/aromatic N) is 2. The first kappa shape index (κ1) is 20.7. The number of amides is 1. The molecule has 144 valence electrons. The van der Waals surface area contributed by atoms with Crippen molar-refractivity contribution in [3.05, 3.63) is 28.2 Å². The van der Waals surface area contributed by atoms with Crippen molar-refractivity contribution in [3.8, 4) is 0 Å². The van der Waals surface area contributed by atoms with E-state index in [1.165, 1.54) is 11.0 Å². The molecule has 3 atom stereocenters. The van der Waals surface area contributed by atoms with Gasteiger partial charge >= 0.3 is 6.09 Å². The lowest BCUT2D eigenvalue weighted by atomic mass is 10.0. The highest BCUT2D eigenvalue weighted by Crippen LogP contribution is 2.30. The van der Waals surface area contributed by atoms with Crippen molar-refractivity contribution < 1.29 is 23.1 Å². The van der Waals surface area contributed by atoms with Crippen LogP contribution in [0.4, 0.5) is 13.6 Å². The number of halogens is 3. The molecule has 0 radical (unpaired) electrons. The zero-order valence-corrected chi connectivity index (χ0v) is 16.8. The summed E-state index contributed by atoms with van der Waals surface area (Å²) in [4.78, 5) is 30.2. The van der Waals surface area contributed by atoms with Gasteiger partial charge in [-0.1, -0.05) is 0 Å². The number of ketones is 1. The largest absolute Gasteiger partial charge is 0.444 e. The zero-order valence-electron chi connectivity index (χ0n) is 15.3. The number of Topliss-reactive ketones (excluding diaryl/α,β-unsaturated/α-hetero) is 1. The fourth-order valence-electron chi connectivity index (χ4n) is 2.88. The van der Waals surface area contributed by atoms with Crippen LogP contribution in [0.5, 0.6) is 0 Å². The van der Waals surface area contributed by atoms with Crippen LogP contribution in [0.2, 0.25) is 0 Å². The van der Waals surface area contributed by atoms with E-state index in [2.05, 4.69) is 20.9 Å². The molecule has 26 heavy (non-hydrogen) atoms. The number of hydrogen-bond acceptors (Lipinski definition) is 4. The van der Waals surface area contributed by atoms with E-state index in [9.17, 15) is 18.4 Å². The number of aryl methyl sites for hydroxylation is 1. The maximum Gasteiger partial charge on any atom is 0.411 e. The molecule has 0 spiro atoms. The molecule has 0 aromatic carbocycles. The Morgan fingerprint density at radius 1 is 1.42 bits per heavy atom. The number of carbonyl (C=O) groups is 2. The number of pyridine rings is 1. The molecule has 2 rings (SSSR count). The molecule has 1 fully saturated rings. The van der Waals surface area contributed by atoms with E-state index in [0.29, 0.717) is 5.69 Å². The lowest BCUT2D eigenvalue weighted by Crippen LogP contribution is -2.47. The maximum atomic E-state index is 14.2. The molecule has 0 aliphatic carbocycles. The topological polar surface area (TPSA) is 59.5 Å². The molecule has 1 aromatic heterocycles. The number of rotatable bonds is 4. The summed E-state index contributed by atoms with van der Waals surface area (Å²) in [6.45, 7) is 6.72. The van der Waals surface area contributed by atoms with Crippen molar-refractivity contribution in [1.82, 2.24) is 9.88 Å². The first-order chi connectivity index (χ1) is 12.0. The van der Waals surface area contributed by atoms with Crippen LogP contribution in [0.15, 0.2) is 16.7 Å². The van der Waals surface area contributed by atoms with Crippen LogP contribution in [0.3, 0.4) is 0 Å². The van der Waals surface area contributed by atoms with Gasteiger partial charge in [0.15, 0.2) is 11.6 Å². The Morgan fingerprint density at radius 2 is 2.08 bits per heavy atom. The fourth-order valence-corrected chi connectivity index (χ4v) is 3.25. The minimum absolute atomic E-state index is 0.0419. The second-order valence-electron chi connectivity index (χ2n) is 7.45. The van der Waals surface area contributed by atoms with Gasteiger partial charge in [0, 0.05) is 18.5 Å². The number of hydrogen-bond donors (Lipinski definition) is 0. The third-order valence-electron chi connectivity index (χ3n) is 4.22. The number of ether oxygens (including phenoxy) is 1. The van der Waals surface area contributed by atoms with Crippen molar-refractivity contribution in [2.45, 2.75) is 70.8 Å². The van der Waals surface area contributed by atoms with Crippen LogP contribution >= 0.6 is 15.9 Å². The summed E-state index contributed by atoms with van der Waals surface area (Å²) < 4.78 is 33.0. The summed E-state index contributed by atoms with van der Waals surface area (Å²) in [7, 11) is 0. The van der Waals surface area contributed by atoms with Crippen LogP contribution in [0.1, 0.15) is 46.2 Å². The number of alkyl halides is 1. The average molecular weight is 433 g/mol. The normalized spacial score (nSPS) is 23.2. The van der Waals surface area contributed by atoms with Gasteiger partial charge in [0.2, 0.25) is 0 Å². The van der Waals surface area contributed by atoms with Gasteiger partial charge in [0.1, 0.15) is 11.8 Å². The van der Waals surface area contributed by atoms with Crippen molar-refractivity contribution in [2.75, 3.05) is 0 Å². The Morgan fingerprint density at radius 3 is 2.65 bits per heavy atom. The summed E-state index contributed by atoms with van der Waals surface area (Å²) in [5.41, 5.74) is -0.193. The molecule has 1 aromatic rings. The van der Waals surface area contributed by atoms with Gasteiger partial charge in [-0.3, -0.25) is 14.7 Å².